The largest absolute Gasteiger partial charge is 0.423 e. The van der Waals surface area contributed by atoms with Crippen molar-refractivity contribution in [2.24, 2.45) is 0 Å². The number of halogens is 1. The highest BCUT2D eigenvalue weighted by Crippen LogP contribution is 2.21. The van der Waals surface area contributed by atoms with Crippen molar-refractivity contribution in [2.75, 3.05) is 0 Å². The van der Waals surface area contributed by atoms with Crippen molar-refractivity contribution in [3.05, 3.63) is 52.6 Å². The van der Waals surface area contributed by atoms with Crippen molar-refractivity contribution >= 4 is 39.3 Å². The second kappa shape index (κ2) is 4.65. The summed E-state index contributed by atoms with van der Waals surface area (Å²) in [6.07, 6.45) is 0. The zero-order chi connectivity index (χ0) is 11.5. The quantitative estimate of drug-likeness (QED) is 0.364. The molecule has 0 amide bonds. The van der Waals surface area contributed by atoms with Gasteiger partial charge in [-0.2, -0.15) is 0 Å². The molecule has 2 nitrogen and oxygen atoms in total. The Labute approximate surface area is 107 Å². The van der Waals surface area contributed by atoms with E-state index in [-0.39, 0.29) is 0 Å². The lowest BCUT2D eigenvalue weighted by molar-refractivity contribution is -0.129. The van der Waals surface area contributed by atoms with Gasteiger partial charge in [0.05, 0.1) is 3.58 Å². The number of benzene rings is 2. The van der Waals surface area contributed by atoms with Crippen LogP contribution in [0.3, 0.4) is 0 Å². The molecular formula is C13H9IO2. The van der Waals surface area contributed by atoms with Crippen molar-refractivity contribution in [1.29, 1.82) is 0 Å². The van der Waals surface area contributed by atoms with E-state index in [1.54, 1.807) is 6.07 Å². The van der Waals surface area contributed by atoms with Crippen LogP contribution in [0.25, 0.3) is 10.8 Å². The molecule has 0 unspecified atom stereocenters. The fourth-order valence-electron chi connectivity index (χ4n) is 1.39. The summed E-state index contributed by atoms with van der Waals surface area (Å²) >= 11 is 1.84. The number of carbonyl (C=O) groups is 1. The minimum Gasteiger partial charge on any atom is -0.423 e. The van der Waals surface area contributed by atoms with Crippen LogP contribution in [0, 0.1) is 0 Å². The van der Waals surface area contributed by atoms with Crippen LogP contribution in [0.2, 0.25) is 0 Å². The highest BCUT2D eigenvalue weighted by atomic mass is 127. The van der Waals surface area contributed by atoms with Crippen molar-refractivity contribution in [1.82, 2.24) is 0 Å². The molecule has 16 heavy (non-hydrogen) atoms. The number of esters is 1. The third-order valence-corrected chi connectivity index (χ3v) is 2.59. The Balaban J connectivity index is 2.33. The molecule has 0 aliphatic heterocycles. The number of hydrogen-bond donors (Lipinski definition) is 0. The van der Waals surface area contributed by atoms with E-state index in [1.165, 1.54) is 0 Å². The summed E-state index contributed by atoms with van der Waals surface area (Å²) in [6, 6.07) is 13.5. The molecule has 0 saturated carbocycles. The van der Waals surface area contributed by atoms with E-state index in [0.717, 1.165) is 10.8 Å². The minimum atomic E-state index is -0.407. The minimum absolute atomic E-state index is 0.366. The van der Waals surface area contributed by atoms with Crippen LogP contribution >= 0.6 is 22.6 Å². The summed E-state index contributed by atoms with van der Waals surface area (Å²) in [5, 5.41) is 2.17. The number of carbonyl (C=O) groups excluding carboxylic acids is 1. The lowest BCUT2D eigenvalue weighted by Crippen LogP contribution is -2.06. The van der Waals surface area contributed by atoms with E-state index < -0.39 is 5.97 Å². The number of hydrogen-bond acceptors (Lipinski definition) is 2. The normalized spacial score (nSPS) is 10.1. The molecule has 0 aliphatic carbocycles. The van der Waals surface area contributed by atoms with Crippen LogP contribution in [-0.4, -0.2) is 5.97 Å². The monoisotopic (exact) mass is 324 g/mol. The zero-order valence-electron chi connectivity index (χ0n) is 8.44. The van der Waals surface area contributed by atoms with Crippen LogP contribution in [0.1, 0.15) is 0 Å². The Bertz CT molecular complexity index is 561. The maximum atomic E-state index is 11.3. The van der Waals surface area contributed by atoms with Crippen molar-refractivity contribution in [2.45, 2.75) is 0 Å². The molecule has 2 aromatic carbocycles. The van der Waals surface area contributed by atoms with Crippen LogP contribution in [0.5, 0.6) is 5.75 Å². The first kappa shape index (κ1) is 11.1. The maximum Gasteiger partial charge on any atom is 0.349 e. The highest BCUT2D eigenvalue weighted by Gasteiger charge is 2.06. The second-order valence-corrected chi connectivity index (χ2v) is 4.61. The summed E-state index contributed by atoms with van der Waals surface area (Å²) in [6.45, 7) is 3.53. The van der Waals surface area contributed by atoms with Gasteiger partial charge in [-0.15, -0.1) is 0 Å². The van der Waals surface area contributed by atoms with Gasteiger partial charge in [0.1, 0.15) is 5.75 Å². The summed E-state index contributed by atoms with van der Waals surface area (Å²) in [5.41, 5.74) is 0. The first-order valence-electron chi connectivity index (χ1n) is 4.72. The molecule has 3 heteroatoms. The molecular weight excluding hydrogens is 315 g/mol. The van der Waals surface area contributed by atoms with Gasteiger partial charge in [0.25, 0.3) is 0 Å². The van der Waals surface area contributed by atoms with Gasteiger partial charge < -0.3 is 4.74 Å². The topological polar surface area (TPSA) is 26.3 Å². The summed E-state index contributed by atoms with van der Waals surface area (Å²) in [7, 11) is 0. The lowest BCUT2D eigenvalue weighted by atomic mass is 10.1. The summed E-state index contributed by atoms with van der Waals surface area (Å²) in [5.74, 6) is 0.136. The molecule has 0 spiro atoms. The van der Waals surface area contributed by atoms with Crippen molar-refractivity contribution in [3.63, 3.8) is 0 Å². The molecule has 0 heterocycles. The number of fused-ring (bicyclic) bond motifs is 1. The third kappa shape index (κ3) is 2.41. The van der Waals surface area contributed by atoms with Gasteiger partial charge in [0.15, 0.2) is 0 Å². The Morgan fingerprint density at radius 3 is 2.50 bits per heavy atom. The zero-order valence-corrected chi connectivity index (χ0v) is 10.6. The molecule has 0 atom stereocenters. The molecule has 2 rings (SSSR count). The van der Waals surface area contributed by atoms with E-state index in [1.807, 2.05) is 59.0 Å². The first-order valence-corrected chi connectivity index (χ1v) is 5.80. The van der Waals surface area contributed by atoms with E-state index in [2.05, 4.69) is 6.58 Å². The van der Waals surface area contributed by atoms with Gasteiger partial charge in [0, 0.05) is 0 Å². The Kier molecular flexibility index (Phi) is 3.24. The van der Waals surface area contributed by atoms with Crippen LogP contribution in [-0.2, 0) is 4.79 Å². The smallest absolute Gasteiger partial charge is 0.349 e. The number of ether oxygens (including phenoxy) is 1. The van der Waals surface area contributed by atoms with E-state index in [4.69, 9.17) is 4.74 Å². The van der Waals surface area contributed by atoms with Gasteiger partial charge in [-0.25, -0.2) is 4.79 Å². The Morgan fingerprint density at radius 1 is 1.12 bits per heavy atom. The average molecular weight is 324 g/mol. The van der Waals surface area contributed by atoms with Crippen molar-refractivity contribution < 1.29 is 9.53 Å². The molecule has 0 bridgehead atoms. The molecule has 0 fully saturated rings. The van der Waals surface area contributed by atoms with Crippen molar-refractivity contribution in [3.8, 4) is 5.75 Å². The SMILES string of the molecule is C=C(I)C(=O)Oc1ccc2ccccc2c1. The molecule has 0 aliphatic rings. The molecule has 0 N–H and O–H groups in total. The third-order valence-electron chi connectivity index (χ3n) is 2.15. The van der Waals surface area contributed by atoms with Crippen LogP contribution in [0.4, 0.5) is 0 Å². The summed E-state index contributed by atoms with van der Waals surface area (Å²) in [4.78, 5) is 11.3. The van der Waals surface area contributed by atoms with Gasteiger partial charge in [0.2, 0.25) is 0 Å². The highest BCUT2D eigenvalue weighted by molar-refractivity contribution is 14.1. The molecule has 0 radical (unpaired) electrons. The average Bonchev–Trinajstić information content (AvgIpc) is 2.28. The van der Waals surface area contributed by atoms with E-state index >= 15 is 0 Å². The molecule has 0 aromatic heterocycles. The van der Waals surface area contributed by atoms with Crippen LogP contribution < -0.4 is 4.74 Å². The predicted molar refractivity (Wildman–Crippen MR) is 72.7 cm³/mol. The van der Waals surface area contributed by atoms with Gasteiger partial charge in [-0.1, -0.05) is 36.9 Å². The Morgan fingerprint density at radius 2 is 1.81 bits per heavy atom. The first-order chi connectivity index (χ1) is 7.66. The fourth-order valence-corrected chi connectivity index (χ4v) is 1.50. The Hall–Kier alpha value is -1.36. The predicted octanol–water partition coefficient (Wildman–Crippen LogP) is 3.69. The summed E-state index contributed by atoms with van der Waals surface area (Å²) < 4.78 is 5.50. The van der Waals surface area contributed by atoms with E-state index in [9.17, 15) is 4.79 Å². The van der Waals surface area contributed by atoms with E-state index in [0.29, 0.717) is 9.33 Å². The van der Waals surface area contributed by atoms with Gasteiger partial charge in [-0.05, 0) is 45.5 Å². The van der Waals surface area contributed by atoms with Gasteiger partial charge in [-0.3, -0.25) is 0 Å². The lowest BCUT2D eigenvalue weighted by Gasteiger charge is -2.04. The second-order valence-electron chi connectivity index (χ2n) is 3.30. The fraction of sp³-hybridized carbons (Fsp3) is 0. The number of rotatable bonds is 2. The standard InChI is InChI=1S/C13H9IO2/c1-9(14)13(15)16-12-7-6-10-4-2-3-5-11(10)8-12/h2-8H,1H2. The van der Waals surface area contributed by atoms with Crippen LogP contribution in [0.15, 0.2) is 52.6 Å². The molecule has 2 aromatic rings. The maximum absolute atomic E-state index is 11.3. The molecule has 0 saturated heterocycles. The van der Waals surface area contributed by atoms with Gasteiger partial charge >= 0.3 is 5.97 Å². The molecule has 80 valence electrons.